The summed E-state index contributed by atoms with van der Waals surface area (Å²) < 4.78 is 22.6. The molecule has 3 aromatic heterocycles. The van der Waals surface area contributed by atoms with Crippen LogP contribution in [0.15, 0.2) is 36.7 Å². The summed E-state index contributed by atoms with van der Waals surface area (Å²) in [6.45, 7) is 5.43. The number of rotatable bonds is 10. The fourth-order valence-electron chi connectivity index (χ4n) is 5.26. The summed E-state index contributed by atoms with van der Waals surface area (Å²) in [5.41, 5.74) is 1.11. The van der Waals surface area contributed by atoms with Crippen LogP contribution in [0, 0.1) is 35.8 Å². The lowest BCUT2D eigenvalue weighted by Gasteiger charge is -2.27. The smallest absolute Gasteiger partial charge is 0.270 e. The first kappa shape index (κ1) is 26.6. The van der Waals surface area contributed by atoms with Crippen molar-refractivity contribution in [3.63, 3.8) is 0 Å². The van der Waals surface area contributed by atoms with E-state index in [1.54, 1.807) is 29.9 Å². The van der Waals surface area contributed by atoms with Crippen LogP contribution in [0.25, 0.3) is 11.1 Å². The second kappa shape index (κ2) is 10.6. The summed E-state index contributed by atoms with van der Waals surface area (Å²) in [5.74, 6) is -0.610. The molecule has 1 unspecified atom stereocenters. The Labute approximate surface area is 226 Å². The number of pyridine rings is 2. The van der Waals surface area contributed by atoms with Gasteiger partial charge in [0, 0.05) is 30.8 Å². The molecule has 2 aliphatic carbocycles. The van der Waals surface area contributed by atoms with Crippen LogP contribution in [0.2, 0.25) is 0 Å². The number of nitrogens with zero attached hydrogens (tertiary/aromatic N) is 4. The molecule has 3 aromatic rings. The van der Waals surface area contributed by atoms with Crippen molar-refractivity contribution in [2.24, 2.45) is 17.8 Å². The van der Waals surface area contributed by atoms with Crippen molar-refractivity contribution >= 4 is 17.6 Å². The predicted molar refractivity (Wildman–Crippen MR) is 141 cm³/mol. The second-order valence-electron chi connectivity index (χ2n) is 10.7. The third-order valence-electron chi connectivity index (χ3n) is 7.56. The SMILES string of the molecule is COc1cc(-c2ccc(NC(=O)C(NC(=O)c3ccnn3C(C)C)C(C3CC3)C3CC3)nc2F)c(C)[n+]([O-])c1. The number of amides is 2. The Bertz CT molecular complexity index is 1390. The third-order valence-corrected chi connectivity index (χ3v) is 7.56. The fourth-order valence-corrected chi connectivity index (χ4v) is 5.26. The van der Waals surface area contributed by atoms with Crippen LogP contribution in [0.5, 0.6) is 5.75 Å². The molecule has 10 nitrogen and oxygen atoms in total. The minimum atomic E-state index is -0.841. The molecule has 11 heteroatoms. The summed E-state index contributed by atoms with van der Waals surface area (Å²) in [7, 11) is 1.42. The highest BCUT2D eigenvalue weighted by molar-refractivity contribution is 6.00. The monoisotopic (exact) mass is 536 g/mol. The summed E-state index contributed by atoms with van der Waals surface area (Å²) in [5, 5.41) is 22.1. The number of nitrogens with one attached hydrogen (secondary N) is 2. The van der Waals surface area contributed by atoms with Crippen molar-refractivity contribution in [1.29, 1.82) is 0 Å². The van der Waals surface area contributed by atoms with E-state index in [1.807, 2.05) is 13.8 Å². The standard InChI is InChI=1S/C28H33FN6O4/c1-15(2)35-22(11-12-30-35)27(36)33-25(24(17-5-6-17)18-7-8-18)28(37)32-23-10-9-20(26(29)31-23)21-13-19(39-4)14-34(38)16(21)3/h9-15,17-18,24-25H,5-8H2,1-4H3,(H,33,36)(H,31,32,37). The van der Waals surface area contributed by atoms with Gasteiger partial charge in [-0.1, -0.05) is 0 Å². The number of ether oxygens (including phenoxy) is 1. The van der Waals surface area contributed by atoms with Crippen molar-refractivity contribution in [3.8, 4) is 16.9 Å². The van der Waals surface area contributed by atoms with Crippen molar-refractivity contribution < 1.29 is 23.4 Å². The molecular weight excluding hydrogens is 503 g/mol. The van der Waals surface area contributed by atoms with Crippen molar-refractivity contribution in [2.75, 3.05) is 12.4 Å². The maximum atomic E-state index is 15.2. The lowest BCUT2D eigenvalue weighted by atomic mass is 9.88. The van der Waals surface area contributed by atoms with E-state index in [9.17, 15) is 14.8 Å². The van der Waals surface area contributed by atoms with E-state index in [0.29, 0.717) is 27.8 Å². The molecule has 5 rings (SSSR count). The Morgan fingerprint density at radius 2 is 1.85 bits per heavy atom. The molecule has 3 heterocycles. The molecule has 0 spiro atoms. The van der Waals surface area contributed by atoms with Crippen molar-refractivity contribution in [2.45, 2.75) is 58.5 Å². The highest BCUT2D eigenvalue weighted by Crippen LogP contribution is 2.51. The van der Waals surface area contributed by atoms with Crippen LogP contribution in [0.4, 0.5) is 10.2 Å². The molecule has 0 radical (unpaired) electrons. The van der Waals surface area contributed by atoms with Crippen LogP contribution in [0.1, 0.15) is 61.8 Å². The Hall–Kier alpha value is -4.02. The summed E-state index contributed by atoms with van der Waals surface area (Å²) in [6, 6.07) is 5.33. The second-order valence-corrected chi connectivity index (χ2v) is 10.7. The number of carbonyl (C=O) groups is 2. The first-order valence-electron chi connectivity index (χ1n) is 13.3. The lowest BCUT2D eigenvalue weighted by molar-refractivity contribution is -0.612. The molecular formula is C28H33FN6O4. The predicted octanol–water partition coefficient (Wildman–Crippen LogP) is 3.79. The lowest BCUT2D eigenvalue weighted by Crippen LogP contribution is -2.50. The summed E-state index contributed by atoms with van der Waals surface area (Å²) >= 11 is 0. The van der Waals surface area contributed by atoms with Gasteiger partial charge in [-0.05, 0) is 75.5 Å². The number of anilines is 1. The first-order chi connectivity index (χ1) is 18.7. The Kier molecular flexibility index (Phi) is 7.24. The molecule has 2 aliphatic rings. The molecule has 2 amide bonds. The van der Waals surface area contributed by atoms with E-state index in [4.69, 9.17) is 4.74 Å². The van der Waals surface area contributed by atoms with Crippen LogP contribution in [0.3, 0.4) is 0 Å². The Morgan fingerprint density at radius 1 is 1.15 bits per heavy atom. The van der Waals surface area contributed by atoms with Gasteiger partial charge < -0.3 is 20.6 Å². The summed E-state index contributed by atoms with van der Waals surface area (Å²) in [4.78, 5) is 30.9. The van der Waals surface area contributed by atoms with Gasteiger partial charge in [-0.2, -0.15) is 14.2 Å². The van der Waals surface area contributed by atoms with Gasteiger partial charge in [-0.25, -0.2) is 4.98 Å². The van der Waals surface area contributed by atoms with Gasteiger partial charge in [0.1, 0.15) is 17.6 Å². The topological polar surface area (TPSA) is 125 Å². The zero-order chi connectivity index (χ0) is 27.8. The molecule has 0 saturated heterocycles. The van der Waals surface area contributed by atoms with Crippen molar-refractivity contribution in [3.05, 3.63) is 59.2 Å². The number of hydrogen-bond donors (Lipinski definition) is 2. The van der Waals surface area contributed by atoms with Gasteiger partial charge in [0.05, 0.1) is 12.7 Å². The van der Waals surface area contributed by atoms with Gasteiger partial charge in [-0.15, -0.1) is 0 Å². The molecule has 0 bridgehead atoms. The number of hydrogen-bond acceptors (Lipinski definition) is 6. The van der Waals surface area contributed by atoms with Crippen molar-refractivity contribution in [1.82, 2.24) is 20.1 Å². The maximum Gasteiger partial charge on any atom is 0.270 e. The largest absolute Gasteiger partial charge is 0.618 e. The minimum Gasteiger partial charge on any atom is -0.618 e. The van der Waals surface area contributed by atoms with E-state index in [0.717, 1.165) is 25.7 Å². The average molecular weight is 537 g/mol. The van der Waals surface area contributed by atoms with Gasteiger partial charge in [0.15, 0.2) is 11.4 Å². The molecule has 2 N–H and O–H groups in total. The third kappa shape index (κ3) is 5.57. The van der Waals surface area contributed by atoms with Gasteiger partial charge in [0.2, 0.25) is 18.1 Å². The fraction of sp³-hybridized carbons (Fsp3) is 0.464. The first-order valence-corrected chi connectivity index (χ1v) is 13.3. The molecule has 39 heavy (non-hydrogen) atoms. The zero-order valence-corrected chi connectivity index (χ0v) is 22.5. The number of methoxy groups -OCH3 is 1. The number of halogens is 1. The van der Waals surface area contributed by atoms with Crippen LogP contribution >= 0.6 is 0 Å². The highest BCUT2D eigenvalue weighted by Gasteiger charge is 2.48. The van der Waals surface area contributed by atoms with E-state index in [2.05, 4.69) is 20.7 Å². The van der Waals surface area contributed by atoms with Gasteiger partial charge >= 0.3 is 0 Å². The zero-order valence-electron chi connectivity index (χ0n) is 22.5. The van der Waals surface area contributed by atoms with Gasteiger partial charge in [-0.3, -0.25) is 14.3 Å². The Balaban J connectivity index is 1.40. The van der Waals surface area contributed by atoms with E-state index in [1.165, 1.54) is 25.4 Å². The van der Waals surface area contributed by atoms with E-state index in [-0.39, 0.29) is 40.7 Å². The Morgan fingerprint density at radius 3 is 2.44 bits per heavy atom. The van der Waals surface area contributed by atoms with Crippen LogP contribution in [-0.2, 0) is 4.79 Å². The number of carbonyl (C=O) groups excluding carboxylic acids is 2. The highest BCUT2D eigenvalue weighted by atomic mass is 19.1. The van der Waals surface area contributed by atoms with E-state index < -0.39 is 17.9 Å². The molecule has 0 aromatic carbocycles. The number of aromatic nitrogens is 4. The quantitative estimate of drug-likeness (QED) is 0.231. The average Bonchev–Trinajstić information content (AvgIpc) is 3.84. The molecule has 0 aliphatic heterocycles. The minimum absolute atomic E-state index is 0.000393. The normalized spacial score (nSPS) is 15.9. The van der Waals surface area contributed by atoms with Crippen LogP contribution < -0.4 is 20.1 Å². The molecule has 1 atom stereocenters. The van der Waals surface area contributed by atoms with E-state index >= 15 is 4.39 Å². The molecule has 2 fully saturated rings. The van der Waals surface area contributed by atoms with Gasteiger partial charge in [0.25, 0.3) is 5.91 Å². The van der Waals surface area contributed by atoms with Crippen LogP contribution in [-0.4, -0.2) is 39.7 Å². The molecule has 2 saturated carbocycles. The maximum absolute atomic E-state index is 15.2. The molecule has 206 valence electrons. The summed E-state index contributed by atoms with van der Waals surface area (Å²) in [6.07, 6.45) is 6.91.